The van der Waals surface area contributed by atoms with Gasteiger partial charge < -0.3 is 15.0 Å². The van der Waals surface area contributed by atoms with E-state index >= 15 is 0 Å². The van der Waals surface area contributed by atoms with E-state index in [0.717, 1.165) is 0 Å². The highest BCUT2D eigenvalue weighted by Crippen LogP contribution is 2.25. The third-order valence-electron chi connectivity index (χ3n) is 3.52. The second-order valence-electron chi connectivity index (χ2n) is 5.36. The van der Waals surface area contributed by atoms with Crippen molar-refractivity contribution in [3.05, 3.63) is 30.1 Å². The van der Waals surface area contributed by atoms with E-state index in [0.29, 0.717) is 17.3 Å². The Morgan fingerprint density at radius 1 is 1.39 bits per heavy atom. The molecule has 0 unspecified atom stereocenters. The summed E-state index contributed by atoms with van der Waals surface area (Å²) >= 11 is 0. The lowest BCUT2D eigenvalue weighted by molar-refractivity contribution is -0.00511. The second-order valence-corrected chi connectivity index (χ2v) is 7.25. The summed E-state index contributed by atoms with van der Waals surface area (Å²) in [6.45, 7) is 2.44. The van der Waals surface area contributed by atoms with Crippen molar-refractivity contribution in [2.75, 3.05) is 25.4 Å². The fourth-order valence-corrected chi connectivity index (χ4v) is 3.85. The summed E-state index contributed by atoms with van der Waals surface area (Å²) in [6, 6.07) is 1.61. The zero-order chi connectivity index (χ0) is 16.6. The normalized spacial score (nSPS) is 19.8. The van der Waals surface area contributed by atoms with Crippen molar-refractivity contribution >= 4 is 15.8 Å². The van der Waals surface area contributed by atoms with Crippen molar-refractivity contribution in [3.8, 4) is 0 Å². The Balaban J connectivity index is 1.86. The largest absolute Gasteiger partial charge is 0.384 e. The summed E-state index contributed by atoms with van der Waals surface area (Å²) in [7, 11) is -1.93. The molecular weight excluding hydrogens is 320 g/mol. The molecule has 1 atom stereocenters. The van der Waals surface area contributed by atoms with E-state index in [1.807, 2.05) is 0 Å². The molecule has 3 heterocycles. The maximum absolute atomic E-state index is 12.6. The van der Waals surface area contributed by atoms with E-state index in [2.05, 4.69) is 15.0 Å². The van der Waals surface area contributed by atoms with E-state index in [-0.39, 0.29) is 24.7 Å². The number of rotatable bonds is 3. The topological polar surface area (TPSA) is 116 Å². The van der Waals surface area contributed by atoms with Crippen molar-refractivity contribution in [2.24, 2.45) is 7.05 Å². The van der Waals surface area contributed by atoms with Crippen LogP contribution in [0.2, 0.25) is 0 Å². The molecule has 9 nitrogen and oxygen atoms in total. The Morgan fingerprint density at radius 3 is 2.83 bits per heavy atom. The summed E-state index contributed by atoms with van der Waals surface area (Å²) in [5.41, 5.74) is 6.31. The monoisotopic (exact) mass is 338 g/mol. The van der Waals surface area contributed by atoms with Gasteiger partial charge in [-0.05, 0) is 6.92 Å². The summed E-state index contributed by atoms with van der Waals surface area (Å²) in [5, 5.41) is 0.0269. The molecule has 0 aliphatic carbocycles. The lowest BCUT2D eigenvalue weighted by Gasteiger charge is -2.31. The van der Waals surface area contributed by atoms with Crippen LogP contribution in [0.3, 0.4) is 0 Å². The standard InChI is InChI=1S/C13H18N6O3S/c1-9-16-10(5-12(14)17-9)11-6-19(3-4-22-11)23(20,21)13-7-18(2)8-15-13/h5,7-8,11H,3-4,6H2,1-2H3,(H2,14,16,17)/t11-/m0/s1. The van der Waals surface area contributed by atoms with Gasteiger partial charge in [0.1, 0.15) is 17.7 Å². The van der Waals surface area contributed by atoms with Crippen LogP contribution < -0.4 is 5.73 Å². The number of imidazole rings is 1. The molecule has 0 aromatic carbocycles. The maximum atomic E-state index is 12.6. The predicted octanol–water partition coefficient (Wildman–Crippen LogP) is -0.137. The van der Waals surface area contributed by atoms with E-state index in [9.17, 15) is 8.42 Å². The van der Waals surface area contributed by atoms with E-state index in [1.54, 1.807) is 24.6 Å². The fraction of sp³-hybridized carbons (Fsp3) is 0.462. The number of sulfonamides is 1. The highest BCUT2D eigenvalue weighted by Gasteiger charge is 2.33. The van der Waals surface area contributed by atoms with Crippen molar-refractivity contribution in [3.63, 3.8) is 0 Å². The number of morpholine rings is 1. The zero-order valence-electron chi connectivity index (χ0n) is 12.9. The summed E-state index contributed by atoms with van der Waals surface area (Å²) < 4.78 is 33.9. The summed E-state index contributed by atoms with van der Waals surface area (Å²) in [5.74, 6) is 0.856. The van der Waals surface area contributed by atoms with E-state index < -0.39 is 16.1 Å². The minimum atomic E-state index is -3.66. The van der Waals surface area contributed by atoms with Crippen molar-refractivity contribution in [1.29, 1.82) is 0 Å². The van der Waals surface area contributed by atoms with Crippen LogP contribution in [-0.2, 0) is 21.8 Å². The van der Waals surface area contributed by atoms with Gasteiger partial charge in [-0.2, -0.15) is 4.31 Å². The first kappa shape index (κ1) is 15.8. The molecule has 0 radical (unpaired) electrons. The molecule has 2 aromatic rings. The van der Waals surface area contributed by atoms with Gasteiger partial charge in [-0.1, -0.05) is 0 Å². The highest BCUT2D eigenvalue weighted by atomic mass is 32.2. The summed E-state index contributed by atoms with van der Waals surface area (Å²) in [4.78, 5) is 12.2. The molecular formula is C13H18N6O3S. The molecule has 0 saturated carbocycles. The van der Waals surface area contributed by atoms with E-state index in [4.69, 9.17) is 10.5 Å². The van der Waals surface area contributed by atoms with Crippen LogP contribution in [0.4, 0.5) is 5.82 Å². The number of ether oxygens (including phenoxy) is 1. The first-order valence-corrected chi connectivity index (χ1v) is 8.51. The Bertz CT molecular complexity index is 799. The Hall–Kier alpha value is -2.04. The number of aromatic nitrogens is 4. The average Bonchev–Trinajstić information content (AvgIpc) is 2.94. The molecule has 0 amide bonds. The third-order valence-corrected chi connectivity index (χ3v) is 5.27. The van der Waals surface area contributed by atoms with Gasteiger partial charge in [0.15, 0.2) is 5.03 Å². The van der Waals surface area contributed by atoms with Crippen LogP contribution >= 0.6 is 0 Å². The number of nitrogens with zero attached hydrogens (tertiary/aromatic N) is 5. The molecule has 3 rings (SSSR count). The molecule has 1 fully saturated rings. The zero-order valence-corrected chi connectivity index (χ0v) is 13.7. The lowest BCUT2D eigenvalue weighted by Crippen LogP contribution is -2.42. The molecule has 10 heteroatoms. The molecule has 1 saturated heterocycles. The first-order valence-electron chi connectivity index (χ1n) is 7.07. The smallest absolute Gasteiger partial charge is 0.262 e. The number of aryl methyl sites for hydroxylation is 2. The van der Waals surface area contributed by atoms with Gasteiger partial charge in [0, 0.05) is 32.4 Å². The van der Waals surface area contributed by atoms with Crippen molar-refractivity contribution in [1.82, 2.24) is 23.8 Å². The van der Waals surface area contributed by atoms with E-state index in [1.165, 1.54) is 16.8 Å². The first-order chi connectivity index (χ1) is 10.9. The third kappa shape index (κ3) is 3.19. The van der Waals surface area contributed by atoms with Gasteiger partial charge in [0.2, 0.25) is 0 Å². The molecule has 124 valence electrons. The van der Waals surface area contributed by atoms with Crippen LogP contribution in [0.25, 0.3) is 0 Å². The predicted molar refractivity (Wildman–Crippen MR) is 81.8 cm³/mol. The van der Waals surface area contributed by atoms with Crippen LogP contribution in [0.5, 0.6) is 0 Å². The molecule has 0 bridgehead atoms. The van der Waals surface area contributed by atoms with Crippen molar-refractivity contribution < 1.29 is 13.2 Å². The molecule has 1 aliphatic heterocycles. The lowest BCUT2D eigenvalue weighted by atomic mass is 10.2. The Labute approximate surface area is 134 Å². The van der Waals surface area contributed by atoms with Gasteiger partial charge in [-0.25, -0.2) is 23.4 Å². The second kappa shape index (κ2) is 5.87. The number of hydrogen-bond acceptors (Lipinski definition) is 7. The molecule has 1 aliphatic rings. The minimum Gasteiger partial charge on any atom is -0.384 e. The van der Waals surface area contributed by atoms with Crippen molar-refractivity contribution in [2.45, 2.75) is 18.1 Å². The molecule has 2 aromatic heterocycles. The highest BCUT2D eigenvalue weighted by molar-refractivity contribution is 7.89. The molecule has 0 spiro atoms. The average molecular weight is 338 g/mol. The van der Waals surface area contributed by atoms with Gasteiger partial charge in [-0.15, -0.1) is 0 Å². The fourth-order valence-electron chi connectivity index (χ4n) is 2.46. The number of hydrogen-bond donors (Lipinski definition) is 1. The van der Waals surface area contributed by atoms with Gasteiger partial charge in [0.05, 0.1) is 18.6 Å². The van der Waals surface area contributed by atoms with Crippen LogP contribution in [0, 0.1) is 6.92 Å². The minimum absolute atomic E-state index is 0.0269. The van der Waals surface area contributed by atoms with Crippen LogP contribution in [0.1, 0.15) is 17.6 Å². The molecule has 2 N–H and O–H groups in total. The van der Waals surface area contributed by atoms with Crippen LogP contribution in [0.15, 0.2) is 23.6 Å². The maximum Gasteiger partial charge on any atom is 0.262 e. The van der Waals surface area contributed by atoms with Gasteiger partial charge in [0.25, 0.3) is 10.0 Å². The number of nitrogens with two attached hydrogens (primary N) is 1. The quantitative estimate of drug-likeness (QED) is 0.828. The Morgan fingerprint density at radius 2 is 2.17 bits per heavy atom. The SMILES string of the molecule is Cc1nc(N)cc([C@@H]2CN(S(=O)(=O)c3cn(C)cn3)CCO2)n1. The van der Waals surface area contributed by atoms with Crippen LogP contribution in [-0.4, -0.2) is 51.9 Å². The summed E-state index contributed by atoms with van der Waals surface area (Å²) in [6.07, 6.45) is 2.46. The molecule has 23 heavy (non-hydrogen) atoms. The number of nitrogen functional groups attached to an aromatic ring is 1. The number of anilines is 1. The van der Waals surface area contributed by atoms with Gasteiger partial charge >= 0.3 is 0 Å². The van der Waals surface area contributed by atoms with Gasteiger partial charge in [-0.3, -0.25) is 0 Å². The Kier molecular flexibility index (Phi) is 4.04.